The van der Waals surface area contributed by atoms with Gasteiger partial charge < -0.3 is 16.0 Å². The molecular formula is C24H34F2IN6O2P2+. The minimum atomic E-state index is -2.46. The maximum absolute atomic E-state index is 12.9. The summed E-state index contributed by atoms with van der Waals surface area (Å²) in [6.45, 7) is 6.64. The Morgan fingerprint density at radius 1 is 0.865 bits per heavy atom. The molecule has 0 radical (unpaired) electrons. The van der Waals surface area contributed by atoms with Gasteiger partial charge in [0.1, 0.15) is 20.5 Å². The number of benzene rings is 2. The largest absolute Gasteiger partial charge is 0.398 e. The van der Waals surface area contributed by atoms with E-state index < -0.39 is 20.8 Å². The third-order valence-electron chi connectivity index (χ3n) is 4.21. The molecule has 2 heterocycles. The van der Waals surface area contributed by atoms with Crippen molar-refractivity contribution in [2.24, 2.45) is 0 Å². The van der Waals surface area contributed by atoms with Gasteiger partial charge in [0, 0.05) is 20.2 Å². The molecule has 202 valence electrons. The zero-order valence-electron chi connectivity index (χ0n) is 19.6. The molecule has 2 aromatic carbocycles. The molecule has 13 heteroatoms. The van der Waals surface area contributed by atoms with Crippen LogP contribution in [-0.2, 0) is 9.13 Å². The van der Waals surface area contributed by atoms with Gasteiger partial charge in [-0.3, -0.25) is 0 Å². The molecule has 8 nitrogen and oxygen atoms in total. The average molecular weight is 665 g/mol. The van der Waals surface area contributed by atoms with Crippen LogP contribution in [0.1, 0.15) is 14.9 Å². The molecule has 0 unspecified atom stereocenters. The van der Waals surface area contributed by atoms with Crippen molar-refractivity contribution in [2.75, 3.05) is 38.1 Å². The van der Waals surface area contributed by atoms with Crippen LogP contribution in [-0.4, -0.2) is 46.2 Å². The molecule has 0 spiro atoms. The number of halogens is 3. The van der Waals surface area contributed by atoms with E-state index in [0.29, 0.717) is 22.4 Å². The van der Waals surface area contributed by atoms with Gasteiger partial charge in [0.25, 0.3) is 0 Å². The number of hydrogen-bond acceptors (Lipinski definition) is 6. The molecule has 0 saturated carbocycles. The van der Waals surface area contributed by atoms with Crippen molar-refractivity contribution in [2.45, 2.75) is 14.9 Å². The fraction of sp³-hybridized carbons (Fsp3) is 0.250. The maximum Gasteiger partial charge on any atom is 0.332 e. The van der Waals surface area contributed by atoms with Crippen LogP contribution in [0.4, 0.5) is 20.2 Å². The van der Waals surface area contributed by atoms with Gasteiger partial charge in [-0.1, -0.05) is 19.4 Å². The van der Waals surface area contributed by atoms with Crippen molar-refractivity contribution in [1.82, 2.24) is 19.6 Å². The van der Waals surface area contributed by atoms with Crippen molar-refractivity contribution in [3.8, 4) is 11.4 Å². The van der Waals surface area contributed by atoms with Crippen LogP contribution in [0.25, 0.3) is 11.4 Å². The Labute approximate surface area is 231 Å². The summed E-state index contributed by atoms with van der Waals surface area (Å²) in [5, 5.41) is 8.29. The number of aromatic nitrogens is 4. The molecule has 0 fully saturated rings. The molecule has 4 aromatic rings. The quantitative estimate of drug-likeness (QED) is 0.149. The second-order valence-electron chi connectivity index (χ2n) is 7.82. The maximum atomic E-state index is 12.9. The van der Waals surface area contributed by atoms with Gasteiger partial charge >= 0.3 is 7.80 Å². The molecule has 0 aliphatic heterocycles. The Morgan fingerprint density at radius 2 is 1.27 bits per heavy atom. The van der Waals surface area contributed by atoms with E-state index in [1.165, 1.54) is 28.0 Å². The molecule has 0 bridgehead atoms. The van der Waals surface area contributed by atoms with Crippen LogP contribution < -0.4 is 16.8 Å². The lowest BCUT2D eigenvalue weighted by Crippen LogP contribution is -2.11. The van der Waals surface area contributed by atoms with Crippen molar-refractivity contribution >= 4 is 54.2 Å². The third-order valence-corrected chi connectivity index (χ3v) is 6.69. The van der Waals surface area contributed by atoms with Gasteiger partial charge in [-0.05, 0) is 72.3 Å². The van der Waals surface area contributed by atoms with Gasteiger partial charge in [-0.25, -0.2) is 18.1 Å². The van der Waals surface area contributed by atoms with Crippen molar-refractivity contribution < 1.29 is 17.9 Å². The summed E-state index contributed by atoms with van der Waals surface area (Å²) in [7, 11) is -3.33. The summed E-state index contributed by atoms with van der Waals surface area (Å²) in [6, 6.07) is 10.5. The van der Waals surface area contributed by atoms with Crippen molar-refractivity contribution in [3.05, 3.63) is 76.4 Å². The van der Waals surface area contributed by atoms with Gasteiger partial charge in [0.05, 0.1) is 36.2 Å². The lowest BCUT2D eigenvalue weighted by Gasteiger charge is -2.12. The molecule has 0 atom stereocenters. The lowest BCUT2D eigenvalue weighted by molar-refractivity contribution is 0.588. The Kier molecular flexibility index (Phi) is 13.9. The average Bonchev–Trinajstić information content (AvgIpc) is 3.38. The van der Waals surface area contributed by atoms with Gasteiger partial charge in [0.2, 0.25) is 0 Å². The normalized spacial score (nSPS) is 10.0. The highest BCUT2D eigenvalue weighted by Crippen LogP contribution is 2.37. The van der Waals surface area contributed by atoms with Crippen LogP contribution >= 0.6 is 37.5 Å². The molecule has 37 heavy (non-hydrogen) atoms. The Morgan fingerprint density at radius 3 is 1.62 bits per heavy atom. The molecule has 4 N–H and O–H groups in total. The zero-order chi connectivity index (χ0) is 26.3. The third kappa shape index (κ3) is 10.7. The zero-order valence-corrected chi connectivity index (χ0v) is 23.5. The fourth-order valence-electron chi connectivity index (χ4n) is 2.68. The van der Waals surface area contributed by atoms with E-state index in [0.717, 1.165) is 15.5 Å². The second-order valence-corrected chi connectivity index (χ2v) is 13.8. The number of hydrogen-bond donors (Lipinski definition) is 2. The minimum Gasteiger partial charge on any atom is -0.398 e. The topological polar surface area (TPSA) is 122 Å². The van der Waals surface area contributed by atoms with Crippen LogP contribution in [0.15, 0.2) is 61.2 Å². The summed E-state index contributed by atoms with van der Waals surface area (Å²) in [4.78, 5) is 0. The van der Waals surface area contributed by atoms with Gasteiger partial charge in [-0.15, -0.1) is 0 Å². The molecule has 2 aromatic heterocycles. The number of rotatable bonds is 3. The van der Waals surface area contributed by atoms with Crippen molar-refractivity contribution in [1.29, 1.82) is 0 Å². The predicted molar refractivity (Wildman–Crippen MR) is 161 cm³/mol. The van der Waals surface area contributed by atoms with Crippen LogP contribution in [0.2, 0.25) is 0 Å². The first-order valence-electron chi connectivity index (χ1n) is 10.0. The molecule has 0 saturated heterocycles. The number of nitrogens with two attached hydrogens (primary N) is 2. The van der Waals surface area contributed by atoms with Gasteiger partial charge in [0.15, 0.2) is 11.6 Å². The first-order chi connectivity index (χ1) is 16.3. The standard InChI is InChI=1S/C11H13FN3OP.C9H7FIN3.C2H6OP.2CH4/c1-17(2,16)11-5-9(3-4-10(11)13)15-7-8(12)6-14-15;10-6-4-13-14(5-6)7-1-2-9(12)8(11)3-7;1-4(2)3;;/h3-7H,13H2,1-2H3;1-5H,12H2;1-2H3;2*1H4/q;;+1;;. The molecular weight excluding hydrogens is 631 g/mol. The molecule has 4 rings (SSSR count). The number of nitrogen functional groups attached to an aromatic ring is 2. The van der Waals surface area contributed by atoms with Crippen molar-refractivity contribution in [3.63, 3.8) is 0 Å². The highest BCUT2D eigenvalue weighted by molar-refractivity contribution is 14.1. The van der Waals surface area contributed by atoms with Crippen LogP contribution in [0.5, 0.6) is 0 Å². The first kappa shape index (κ1) is 34.4. The minimum absolute atomic E-state index is 0. The Hall–Kier alpha value is -2.62. The monoisotopic (exact) mass is 665 g/mol. The highest BCUT2D eigenvalue weighted by atomic mass is 127. The Balaban J connectivity index is 0.000000592. The van der Waals surface area contributed by atoms with Crippen LogP contribution in [0, 0.1) is 15.2 Å². The van der Waals surface area contributed by atoms with E-state index in [1.807, 2.05) is 6.07 Å². The summed E-state index contributed by atoms with van der Waals surface area (Å²) in [5.74, 6) is -0.767. The van der Waals surface area contributed by atoms with E-state index in [9.17, 15) is 17.9 Å². The number of anilines is 2. The Bertz CT molecular complexity index is 1370. The van der Waals surface area contributed by atoms with E-state index in [4.69, 9.17) is 11.5 Å². The summed E-state index contributed by atoms with van der Waals surface area (Å²) >= 11 is 2.12. The molecule has 0 aliphatic rings. The SMILES string of the molecule is C.C.CP(C)(=O)c1cc(-n2cc(F)cn2)ccc1N.C[P+](C)=O.Nc1ccc(-n2cc(F)cn2)cc1I. The van der Waals surface area contributed by atoms with E-state index in [1.54, 1.807) is 57.0 Å². The van der Waals surface area contributed by atoms with Gasteiger partial charge in [-0.2, -0.15) is 10.2 Å². The number of nitrogens with zero attached hydrogens (tertiary/aromatic N) is 4. The van der Waals surface area contributed by atoms with Crippen LogP contribution in [0.3, 0.4) is 0 Å². The second kappa shape index (κ2) is 15.0. The first-order valence-corrected chi connectivity index (χ1v) is 15.9. The molecule has 0 aliphatic carbocycles. The molecule has 0 amide bonds. The lowest BCUT2D eigenvalue weighted by atomic mass is 10.3. The smallest absolute Gasteiger partial charge is 0.332 e. The highest BCUT2D eigenvalue weighted by Gasteiger charge is 2.16. The summed E-state index contributed by atoms with van der Waals surface area (Å²) in [6.07, 6.45) is 4.86. The summed E-state index contributed by atoms with van der Waals surface area (Å²) in [5.41, 5.74) is 14.1. The predicted octanol–water partition coefficient (Wildman–Crippen LogP) is 6.39. The fourth-order valence-corrected chi connectivity index (χ4v) is 4.32. The van der Waals surface area contributed by atoms with E-state index in [-0.39, 0.29) is 20.7 Å². The van der Waals surface area contributed by atoms with E-state index in [2.05, 4.69) is 32.8 Å². The van der Waals surface area contributed by atoms with E-state index >= 15 is 0 Å². The summed E-state index contributed by atoms with van der Waals surface area (Å²) < 4.78 is 51.0.